The average Bonchev–Trinajstić information content (AvgIpc) is 2.75. The van der Waals surface area contributed by atoms with Crippen LogP contribution in [0.1, 0.15) is 12.6 Å². The monoisotopic (exact) mass is 234 g/mol. The van der Waals surface area contributed by atoms with Crippen molar-refractivity contribution in [2.45, 2.75) is 13.5 Å². The Hall–Kier alpha value is -2.29. The van der Waals surface area contributed by atoms with Crippen LogP contribution in [0.25, 0.3) is 11.3 Å². The summed E-state index contributed by atoms with van der Waals surface area (Å²) in [5, 5.41) is 16.3. The SMILES string of the molecule is CCn1nnc(C#N)c1-c1ccc(F)c(F)c1. The van der Waals surface area contributed by atoms with Crippen LogP contribution < -0.4 is 0 Å². The maximum Gasteiger partial charge on any atom is 0.190 e. The van der Waals surface area contributed by atoms with Crippen molar-refractivity contribution in [3.05, 3.63) is 35.5 Å². The van der Waals surface area contributed by atoms with Gasteiger partial charge in [0, 0.05) is 12.1 Å². The zero-order valence-electron chi connectivity index (χ0n) is 8.98. The van der Waals surface area contributed by atoms with Crippen LogP contribution in [0.2, 0.25) is 0 Å². The third-order valence-corrected chi connectivity index (χ3v) is 2.33. The average molecular weight is 234 g/mol. The first kappa shape index (κ1) is 11.2. The normalized spacial score (nSPS) is 10.2. The molecule has 0 amide bonds. The highest BCUT2D eigenvalue weighted by molar-refractivity contribution is 5.64. The number of rotatable bonds is 2. The Bertz CT molecular complexity index is 598. The topological polar surface area (TPSA) is 54.5 Å². The van der Waals surface area contributed by atoms with Crippen LogP contribution in [-0.4, -0.2) is 15.0 Å². The van der Waals surface area contributed by atoms with Gasteiger partial charge in [-0.3, -0.25) is 0 Å². The first-order valence-electron chi connectivity index (χ1n) is 4.96. The fourth-order valence-corrected chi connectivity index (χ4v) is 1.54. The van der Waals surface area contributed by atoms with Crippen LogP contribution in [0, 0.1) is 23.0 Å². The molecule has 0 fully saturated rings. The lowest BCUT2D eigenvalue weighted by atomic mass is 10.1. The van der Waals surface area contributed by atoms with Crippen LogP contribution in [0.4, 0.5) is 8.78 Å². The van der Waals surface area contributed by atoms with Crippen molar-refractivity contribution in [1.82, 2.24) is 15.0 Å². The van der Waals surface area contributed by atoms with E-state index in [-0.39, 0.29) is 5.69 Å². The van der Waals surface area contributed by atoms with Gasteiger partial charge in [-0.05, 0) is 25.1 Å². The van der Waals surface area contributed by atoms with E-state index in [9.17, 15) is 8.78 Å². The zero-order valence-corrected chi connectivity index (χ0v) is 8.98. The molecule has 1 heterocycles. The second-order valence-electron chi connectivity index (χ2n) is 3.34. The lowest BCUT2D eigenvalue weighted by molar-refractivity contribution is 0.509. The standard InChI is InChI=1S/C11H8F2N4/c1-2-17-11(10(6-14)15-16-17)7-3-4-8(12)9(13)5-7/h3-5H,2H2,1H3. The number of benzene rings is 1. The number of hydrogen-bond donors (Lipinski definition) is 0. The fourth-order valence-electron chi connectivity index (χ4n) is 1.54. The van der Waals surface area contributed by atoms with Gasteiger partial charge >= 0.3 is 0 Å². The molecule has 0 aliphatic heterocycles. The van der Waals surface area contributed by atoms with E-state index in [0.29, 0.717) is 17.8 Å². The first-order valence-corrected chi connectivity index (χ1v) is 4.96. The summed E-state index contributed by atoms with van der Waals surface area (Å²) in [5.74, 6) is -1.89. The summed E-state index contributed by atoms with van der Waals surface area (Å²) in [5.41, 5.74) is 0.874. The second kappa shape index (κ2) is 4.29. The summed E-state index contributed by atoms with van der Waals surface area (Å²) >= 11 is 0. The Kier molecular flexibility index (Phi) is 2.83. The molecule has 0 spiro atoms. The molecule has 1 aromatic heterocycles. The van der Waals surface area contributed by atoms with Crippen molar-refractivity contribution in [3.8, 4) is 17.3 Å². The van der Waals surface area contributed by atoms with Gasteiger partial charge in [0.1, 0.15) is 11.8 Å². The molecule has 2 aromatic rings. The van der Waals surface area contributed by atoms with Gasteiger partial charge < -0.3 is 0 Å². The van der Waals surface area contributed by atoms with E-state index in [0.717, 1.165) is 12.1 Å². The minimum atomic E-state index is -0.963. The molecule has 0 bridgehead atoms. The van der Waals surface area contributed by atoms with E-state index in [4.69, 9.17) is 5.26 Å². The van der Waals surface area contributed by atoms with E-state index < -0.39 is 11.6 Å². The van der Waals surface area contributed by atoms with Gasteiger partial charge in [-0.2, -0.15) is 5.26 Å². The van der Waals surface area contributed by atoms with Crippen LogP contribution in [-0.2, 0) is 6.54 Å². The van der Waals surface area contributed by atoms with E-state index >= 15 is 0 Å². The van der Waals surface area contributed by atoms with Gasteiger partial charge in [0.2, 0.25) is 0 Å². The molecule has 2 rings (SSSR count). The molecule has 0 aliphatic rings. The summed E-state index contributed by atoms with van der Waals surface area (Å²) in [4.78, 5) is 0. The molecule has 0 radical (unpaired) electrons. The minimum absolute atomic E-state index is 0.0952. The molecular formula is C11H8F2N4. The summed E-state index contributed by atoms with van der Waals surface area (Å²) in [7, 11) is 0. The molecule has 4 nitrogen and oxygen atoms in total. The molecule has 17 heavy (non-hydrogen) atoms. The molecule has 0 unspecified atom stereocenters. The minimum Gasteiger partial charge on any atom is -0.244 e. The highest BCUT2D eigenvalue weighted by atomic mass is 19.2. The van der Waals surface area contributed by atoms with Crippen molar-refractivity contribution >= 4 is 0 Å². The molecular weight excluding hydrogens is 226 g/mol. The maximum absolute atomic E-state index is 13.1. The Balaban J connectivity index is 2.63. The van der Waals surface area contributed by atoms with Crippen molar-refractivity contribution < 1.29 is 8.78 Å². The van der Waals surface area contributed by atoms with E-state index in [1.54, 1.807) is 0 Å². The van der Waals surface area contributed by atoms with Gasteiger partial charge in [-0.25, -0.2) is 13.5 Å². The summed E-state index contributed by atoms with van der Waals surface area (Å²) < 4.78 is 27.4. The summed E-state index contributed by atoms with van der Waals surface area (Å²) in [6.07, 6.45) is 0. The fraction of sp³-hybridized carbons (Fsp3) is 0.182. The summed E-state index contributed by atoms with van der Waals surface area (Å²) in [6, 6.07) is 5.31. The van der Waals surface area contributed by atoms with Crippen molar-refractivity contribution in [2.75, 3.05) is 0 Å². The van der Waals surface area contributed by atoms with Crippen molar-refractivity contribution in [1.29, 1.82) is 5.26 Å². The highest BCUT2D eigenvalue weighted by Gasteiger charge is 2.15. The molecule has 0 saturated heterocycles. The molecule has 0 aliphatic carbocycles. The van der Waals surface area contributed by atoms with Gasteiger partial charge in [-0.15, -0.1) is 5.10 Å². The van der Waals surface area contributed by atoms with E-state index in [1.807, 2.05) is 13.0 Å². The third kappa shape index (κ3) is 1.87. The van der Waals surface area contributed by atoms with Gasteiger partial charge in [0.25, 0.3) is 0 Å². The second-order valence-corrected chi connectivity index (χ2v) is 3.34. The van der Waals surface area contributed by atoms with Crippen LogP contribution in [0.5, 0.6) is 0 Å². The predicted octanol–water partition coefficient (Wildman–Crippen LogP) is 2.11. The largest absolute Gasteiger partial charge is 0.244 e. The highest BCUT2D eigenvalue weighted by Crippen LogP contribution is 2.23. The van der Waals surface area contributed by atoms with Gasteiger partial charge in [0.15, 0.2) is 17.3 Å². The van der Waals surface area contributed by atoms with Gasteiger partial charge in [0.05, 0.1) is 0 Å². The van der Waals surface area contributed by atoms with Crippen molar-refractivity contribution in [3.63, 3.8) is 0 Å². The van der Waals surface area contributed by atoms with Crippen LogP contribution in [0.3, 0.4) is 0 Å². The van der Waals surface area contributed by atoms with Crippen LogP contribution in [0.15, 0.2) is 18.2 Å². The number of aryl methyl sites for hydroxylation is 1. The molecule has 0 atom stereocenters. The number of aromatic nitrogens is 3. The number of nitrogens with zero attached hydrogens (tertiary/aromatic N) is 4. The lowest BCUT2D eigenvalue weighted by Crippen LogP contribution is -2.00. The lowest BCUT2D eigenvalue weighted by Gasteiger charge is -2.04. The van der Waals surface area contributed by atoms with E-state index in [1.165, 1.54) is 10.7 Å². The molecule has 6 heteroatoms. The molecule has 0 N–H and O–H groups in total. The summed E-state index contributed by atoms with van der Waals surface area (Å²) in [6.45, 7) is 2.31. The number of halogens is 2. The number of nitriles is 1. The zero-order chi connectivity index (χ0) is 12.4. The maximum atomic E-state index is 13.1. The molecule has 0 saturated carbocycles. The Morgan fingerprint density at radius 2 is 2.12 bits per heavy atom. The predicted molar refractivity (Wildman–Crippen MR) is 55.8 cm³/mol. The Morgan fingerprint density at radius 3 is 2.71 bits per heavy atom. The quantitative estimate of drug-likeness (QED) is 0.799. The number of hydrogen-bond acceptors (Lipinski definition) is 3. The third-order valence-electron chi connectivity index (χ3n) is 2.33. The van der Waals surface area contributed by atoms with Crippen LogP contribution >= 0.6 is 0 Å². The molecule has 1 aromatic carbocycles. The molecule has 86 valence electrons. The van der Waals surface area contributed by atoms with Gasteiger partial charge in [-0.1, -0.05) is 5.21 Å². The van der Waals surface area contributed by atoms with E-state index in [2.05, 4.69) is 10.3 Å². The smallest absolute Gasteiger partial charge is 0.190 e. The first-order chi connectivity index (χ1) is 8.17. The Morgan fingerprint density at radius 1 is 1.35 bits per heavy atom. The Labute approximate surface area is 96.1 Å². The van der Waals surface area contributed by atoms with Crippen molar-refractivity contribution in [2.24, 2.45) is 0 Å².